The molecule has 116 valence electrons. The topological polar surface area (TPSA) is 61.0 Å². The molecule has 5 heteroatoms. The van der Waals surface area contributed by atoms with Crippen LogP contribution in [0.2, 0.25) is 0 Å². The van der Waals surface area contributed by atoms with E-state index in [1.54, 1.807) is 6.07 Å². The van der Waals surface area contributed by atoms with Gasteiger partial charge in [0.25, 0.3) is 5.56 Å². The highest BCUT2D eigenvalue weighted by molar-refractivity contribution is 5.38. The van der Waals surface area contributed by atoms with Gasteiger partial charge in [0.05, 0.1) is 0 Å². The summed E-state index contributed by atoms with van der Waals surface area (Å²) in [7, 11) is 0. The molecule has 1 aliphatic heterocycles. The van der Waals surface area contributed by atoms with Crippen LogP contribution in [0.1, 0.15) is 50.8 Å². The molecule has 1 atom stereocenters. The van der Waals surface area contributed by atoms with Gasteiger partial charge >= 0.3 is 0 Å². The maximum Gasteiger partial charge on any atom is 0.252 e. The molecule has 0 amide bonds. The van der Waals surface area contributed by atoms with Crippen molar-refractivity contribution in [3.63, 3.8) is 0 Å². The summed E-state index contributed by atoms with van der Waals surface area (Å²) in [6, 6.07) is 1.66. The first-order valence-corrected chi connectivity index (χ1v) is 8.33. The van der Waals surface area contributed by atoms with Crippen LogP contribution >= 0.6 is 0 Å². The SMILES string of the molecule is CCCN(CC1CCCNC1)c1cc(=O)[nH]c(C2CC2)n1. The van der Waals surface area contributed by atoms with E-state index in [1.807, 2.05) is 0 Å². The van der Waals surface area contributed by atoms with Crippen molar-refractivity contribution in [3.05, 3.63) is 22.2 Å². The summed E-state index contributed by atoms with van der Waals surface area (Å²) in [5, 5.41) is 3.47. The molecule has 2 aliphatic rings. The summed E-state index contributed by atoms with van der Waals surface area (Å²) >= 11 is 0. The van der Waals surface area contributed by atoms with E-state index in [0.717, 1.165) is 57.1 Å². The predicted molar refractivity (Wildman–Crippen MR) is 84.9 cm³/mol. The smallest absolute Gasteiger partial charge is 0.252 e. The van der Waals surface area contributed by atoms with Gasteiger partial charge in [0.15, 0.2) is 0 Å². The summed E-state index contributed by atoms with van der Waals surface area (Å²) in [6.45, 7) is 6.37. The number of nitrogens with one attached hydrogen (secondary N) is 2. The van der Waals surface area contributed by atoms with Crippen LogP contribution in [0, 0.1) is 5.92 Å². The number of anilines is 1. The Kier molecular flexibility index (Phi) is 4.58. The van der Waals surface area contributed by atoms with E-state index in [0.29, 0.717) is 11.8 Å². The second-order valence-electron chi connectivity index (χ2n) is 6.42. The van der Waals surface area contributed by atoms with Gasteiger partial charge in [-0.3, -0.25) is 4.79 Å². The number of nitrogens with zero attached hydrogens (tertiary/aromatic N) is 2. The maximum atomic E-state index is 11.9. The average Bonchev–Trinajstić information content (AvgIpc) is 3.32. The highest BCUT2D eigenvalue weighted by Crippen LogP contribution is 2.38. The van der Waals surface area contributed by atoms with Crippen molar-refractivity contribution < 1.29 is 0 Å². The minimum atomic E-state index is -0.00947. The quantitative estimate of drug-likeness (QED) is 0.839. The number of hydrogen-bond acceptors (Lipinski definition) is 4. The van der Waals surface area contributed by atoms with E-state index in [2.05, 4.69) is 22.1 Å². The second-order valence-corrected chi connectivity index (χ2v) is 6.42. The first-order chi connectivity index (χ1) is 10.3. The van der Waals surface area contributed by atoms with Gasteiger partial charge in [0.1, 0.15) is 11.6 Å². The van der Waals surface area contributed by atoms with Crippen LogP contribution in [0.5, 0.6) is 0 Å². The predicted octanol–water partition coefficient (Wildman–Crippen LogP) is 1.86. The maximum absolute atomic E-state index is 11.9. The van der Waals surface area contributed by atoms with Gasteiger partial charge in [-0.2, -0.15) is 0 Å². The van der Waals surface area contributed by atoms with E-state index in [1.165, 1.54) is 12.8 Å². The molecule has 0 spiro atoms. The fourth-order valence-electron chi connectivity index (χ4n) is 3.14. The lowest BCUT2D eigenvalue weighted by Crippen LogP contribution is -2.39. The number of aromatic amines is 1. The molecule has 1 aromatic rings. The minimum Gasteiger partial charge on any atom is -0.356 e. The van der Waals surface area contributed by atoms with Gasteiger partial charge < -0.3 is 15.2 Å². The summed E-state index contributed by atoms with van der Waals surface area (Å²) in [6.07, 6.45) is 5.92. The molecule has 2 heterocycles. The van der Waals surface area contributed by atoms with E-state index < -0.39 is 0 Å². The van der Waals surface area contributed by atoms with E-state index in [9.17, 15) is 4.79 Å². The van der Waals surface area contributed by atoms with Crippen LogP contribution in [0.15, 0.2) is 10.9 Å². The van der Waals surface area contributed by atoms with Gasteiger partial charge in [0, 0.05) is 25.1 Å². The van der Waals surface area contributed by atoms with Gasteiger partial charge in [-0.25, -0.2) is 4.98 Å². The van der Waals surface area contributed by atoms with Gasteiger partial charge in [-0.1, -0.05) is 6.92 Å². The van der Waals surface area contributed by atoms with E-state index in [4.69, 9.17) is 4.98 Å². The molecule has 5 nitrogen and oxygen atoms in total. The average molecular weight is 290 g/mol. The lowest BCUT2D eigenvalue weighted by Gasteiger charge is -2.30. The molecule has 0 aromatic carbocycles. The first kappa shape index (κ1) is 14.6. The minimum absolute atomic E-state index is 0.00947. The Labute approximate surface area is 126 Å². The molecule has 1 saturated heterocycles. The second kappa shape index (κ2) is 6.60. The van der Waals surface area contributed by atoms with Crippen LogP contribution < -0.4 is 15.8 Å². The molecule has 1 aliphatic carbocycles. The fourth-order valence-corrected chi connectivity index (χ4v) is 3.14. The van der Waals surface area contributed by atoms with Gasteiger partial charge in [-0.05, 0) is 51.1 Å². The molecule has 1 aromatic heterocycles. The van der Waals surface area contributed by atoms with Crippen molar-refractivity contribution in [2.75, 3.05) is 31.1 Å². The molecular weight excluding hydrogens is 264 g/mol. The first-order valence-electron chi connectivity index (χ1n) is 8.33. The lowest BCUT2D eigenvalue weighted by molar-refractivity contribution is 0.376. The summed E-state index contributed by atoms with van der Waals surface area (Å²) < 4.78 is 0. The summed E-state index contributed by atoms with van der Waals surface area (Å²) in [4.78, 5) is 21.8. The van der Waals surface area contributed by atoms with Crippen molar-refractivity contribution in [1.29, 1.82) is 0 Å². The Hall–Kier alpha value is -1.36. The summed E-state index contributed by atoms with van der Waals surface area (Å²) in [5.74, 6) is 2.90. The van der Waals surface area contributed by atoms with Crippen molar-refractivity contribution in [2.45, 2.75) is 44.9 Å². The zero-order valence-corrected chi connectivity index (χ0v) is 12.9. The van der Waals surface area contributed by atoms with Crippen LogP contribution in [-0.4, -0.2) is 36.1 Å². The third kappa shape index (κ3) is 3.84. The van der Waals surface area contributed by atoms with Crippen LogP contribution in [-0.2, 0) is 0 Å². The molecule has 1 saturated carbocycles. The highest BCUT2D eigenvalue weighted by Gasteiger charge is 2.27. The Morgan fingerprint density at radius 2 is 2.24 bits per heavy atom. The highest BCUT2D eigenvalue weighted by atomic mass is 16.1. The number of H-pyrrole nitrogens is 1. The van der Waals surface area contributed by atoms with Gasteiger partial charge in [0.2, 0.25) is 0 Å². The Balaban J connectivity index is 1.77. The Bertz CT molecular complexity index is 517. The molecular formula is C16H26N4O. The Morgan fingerprint density at radius 3 is 2.90 bits per heavy atom. The number of piperidine rings is 1. The van der Waals surface area contributed by atoms with Crippen molar-refractivity contribution in [3.8, 4) is 0 Å². The molecule has 2 N–H and O–H groups in total. The Morgan fingerprint density at radius 1 is 1.38 bits per heavy atom. The normalized spacial score (nSPS) is 22.2. The molecule has 3 rings (SSSR count). The van der Waals surface area contributed by atoms with Crippen LogP contribution in [0.3, 0.4) is 0 Å². The number of hydrogen-bond donors (Lipinski definition) is 2. The molecule has 0 radical (unpaired) electrons. The zero-order valence-electron chi connectivity index (χ0n) is 12.9. The van der Waals surface area contributed by atoms with Crippen molar-refractivity contribution in [1.82, 2.24) is 15.3 Å². The van der Waals surface area contributed by atoms with Crippen LogP contribution in [0.4, 0.5) is 5.82 Å². The fraction of sp³-hybridized carbons (Fsp3) is 0.750. The van der Waals surface area contributed by atoms with E-state index >= 15 is 0 Å². The molecule has 2 fully saturated rings. The largest absolute Gasteiger partial charge is 0.356 e. The van der Waals surface area contributed by atoms with Crippen molar-refractivity contribution in [2.24, 2.45) is 5.92 Å². The van der Waals surface area contributed by atoms with E-state index in [-0.39, 0.29) is 5.56 Å². The third-order valence-electron chi connectivity index (χ3n) is 4.41. The monoisotopic (exact) mass is 290 g/mol. The lowest BCUT2D eigenvalue weighted by atomic mass is 9.99. The zero-order chi connectivity index (χ0) is 14.7. The molecule has 1 unspecified atom stereocenters. The third-order valence-corrected chi connectivity index (χ3v) is 4.41. The molecule has 0 bridgehead atoms. The number of aromatic nitrogens is 2. The van der Waals surface area contributed by atoms with Crippen molar-refractivity contribution >= 4 is 5.82 Å². The van der Waals surface area contributed by atoms with Crippen LogP contribution in [0.25, 0.3) is 0 Å². The number of rotatable bonds is 6. The standard InChI is InChI=1S/C16H26N4O/c1-2-8-20(11-12-4-3-7-17-10-12)14-9-15(21)19-16(18-14)13-5-6-13/h9,12-13,17H,2-8,10-11H2,1H3,(H,18,19,21). The van der Waals surface area contributed by atoms with Gasteiger partial charge in [-0.15, -0.1) is 0 Å². The molecule has 21 heavy (non-hydrogen) atoms. The summed E-state index contributed by atoms with van der Waals surface area (Å²) in [5.41, 5.74) is -0.00947.